The van der Waals surface area contributed by atoms with Gasteiger partial charge in [0, 0.05) is 23.6 Å². The second-order valence-corrected chi connectivity index (χ2v) is 7.12. The summed E-state index contributed by atoms with van der Waals surface area (Å²) in [4.78, 5) is 52.6. The topological polar surface area (TPSA) is 111 Å². The van der Waals surface area contributed by atoms with Crippen molar-refractivity contribution in [2.75, 3.05) is 25.7 Å². The van der Waals surface area contributed by atoms with E-state index in [1.54, 1.807) is 45.0 Å². The van der Waals surface area contributed by atoms with Crippen molar-refractivity contribution in [3.05, 3.63) is 52.9 Å². The molecule has 2 rings (SSSR count). The van der Waals surface area contributed by atoms with Gasteiger partial charge in [-0.05, 0) is 39.8 Å². The molecule has 1 atom stereocenters. The van der Waals surface area contributed by atoms with E-state index in [0.29, 0.717) is 23.6 Å². The van der Waals surface area contributed by atoms with Crippen LogP contribution in [0.2, 0.25) is 0 Å². The number of allylic oxidation sites excluding steroid dienone is 2. The Morgan fingerprint density at radius 3 is 1.91 bits per heavy atom. The van der Waals surface area contributed by atoms with E-state index in [-0.39, 0.29) is 11.1 Å². The second kappa shape index (κ2) is 10.6. The number of para-hydroxylation sites is 1. The number of hydrogen-bond donors (Lipinski definition) is 1. The summed E-state index contributed by atoms with van der Waals surface area (Å²) in [6.45, 7) is 6.75. The van der Waals surface area contributed by atoms with Gasteiger partial charge in [-0.15, -0.1) is 0 Å². The molecule has 172 valence electrons. The third-order valence-electron chi connectivity index (χ3n) is 5.10. The van der Waals surface area contributed by atoms with E-state index in [2.05, 4.69) is 5.32 Å². The third-order valence-corrected chi connectivity index (χ3v) is 5.10. The van der Waals surface area contributed by atoms with E-state index in [4.69, 9.17) is 14.2 Å². The van der Waals surface area contributed by atoms with E-state index < -0.39 is 35.8 Å². The number of carbonyl (C=O) groups is 4. The summed E-state index contributed by atoms with van der Waals surface area (Å²) in [7, 11) is 2.33. The fourth-order valence-corrected chi connectivity index (χ4v) is 3.58. The van der Waals surface area contributed by atoms with E-state index >= 15 is 0 Å². The average Bonchev–Trinajstić information content (AvgIpc) is 2.78. The zero-order chi connectivity index (χ0) is 24.0. The highest BCUT2D eigenvalue weighted by Crippen LogP contribution is 2.32. The zero-order valence-electron chi connectivity index (χ0n) is 19.1. The molecule has 1 aromatic carbocycles. The molecule has 0 saturated carbocycles. The summed E-state index contributed by atoms with van der Waals surface area (Å²) in [5, 5.41) is 2.89. The van der Waals surface area contributed by atoms with Gasteiger partial charge < -0.3 is 24.4 Å². The summed E-state index contributed by atoms with van der Waals surface area (Å²) < 4.78 is 15.1. The van der Waals surface area contributed by atoms with Gasteiger partial charge in [-0.2, -0.15) is 0 Å². The summed E-state index contributed by atoms with van der Waals surface area (Å²) in [6.07, 6.45) is -1.17. The van der Waals surface area contributed by atoms with E-state index in [9.17, 15) is 19.2 Å². The van der Waals surface area contributed by atoms with Crippen molar-refractivity contribution in [3.63, 3.8) is 0 Å². The Labute approximate surface area is 187 Å². The first-order chi connectivity index (χ1) is 15.2. The Balaban J connectivity index is 2.38. The summed E-state index contributed by atoms with van der Waals surface area (Å²) in [6, 6.07) is 8.96. The molecule has 0 aliphatic carbocycles. The van der Waals surface area contributed by atoms with Crippen molar-refractivity contribution in [1.29, 1.82) is 0 Å². The van der Waals surface area contributed by atoms with E-state index in [0.717, 1.165) is 0 Å². The van der Waals surface area contributed by atoms with Crippen LogP contribution in [0.5, 0.6) is 0 Å². The molecule has 1 aromatic rings. The molecule has 32 heavy (non-hydrogen) atoms. The van der Waals surface area contributed by atoms with Crippen molar-refractivity contribution in [3.8, 4) is 0 Å². The molecule has 1 heterocycles. The lowest BCUT2D eigenvalue weighted by molar-refractivity contribution is -0.158. The number of carbonyl (C=O) groups excluding carboxylic acids is 4. The minimum Gasteiger partial charge on any atom is -0.466 e. The monoisotopic (exact) mass is 444 g/mol. The molecule has 9 heteroatoms. The molecular weight excluding hydrogens is 416 g/mol. The molecule has 1 amide bonds. The van der Waals surface area contributed by atoms with Crippen molar-refractivity contribution in [1.82, 2.24) is 5.32 Å². The zero-order valence-corrected chi connectivity index (χ0v) is 19.1. The molecule has 1 aliphatic rings. The molecular formula is C23H28N2O7. The van der Waals surface area contributed by atoms with Crippen LogP contribution in [0.4, 0.5) is 5.69 Å². The van der Waals surface area contributed by atoms with Crippen LogP contribution in [0, 0.1) is 5.92 Å². The molecule has 0 saturated heterocycles. The normalized spacial score (nSPS) is 14.9. The van der Waals surface area contributed by atoms with Gasteiger partial charge in [0.15, 0.2) is 6.10 Å². The van der Waals surface area contributed by atoms with Gasteiger partial charge in [-0.1, -0.05) is 18.2 Å². The minimum absolute atomic E-state index is 0.0847. The predicted octanol–water partition coefficient (Wildman–Crippen LogP) is 2.08. The number of nitrogens with one attached hydrogen (secondary N) is 1. The van der Waals surface area contributed by atoms with Crippen LogP contribution in [0.1, 0.15) is 27.7 Å². The van der Waals surface area contributed by atoms with Gasteiger partial charge in [0.05, 0.1) is 25.4 Å². The number of methoxy groups -OCH3 is 2. The van der Waals surface area contributed by atoms with Crippen LogP contribution < -0.4 is 10.2 Å². The van der Waals surface area contributed by atoms with E-state index in [1.807, 2.05) is 6.07 Å². The van der Waals surface area contributed by atoms with E-state index in [1.165, 1.54) is 26.0 Å². The largest absolute Gasteiger partial charge is 0.466 e. The first-order valence-electron chi connectivity index (χ1n) is 10.1. The molecule has 9 nitrogen and oxygen atoms in total. The number of anilines is 1. The van der Waals surface area contributed by atoms with Gasteiger partial charge in [0.2, 0.25) is 0 Å². The maximum atomic E-state index is 13.2. The molecule has 0 radical (unpaired) electrons. The Kier molecular flexibility index (Phi) is 8.17. The van der Waals surface area contributed by atoms with Crippen molar-refractivity contribution in [2.24, 2.45) is 5.92 Å². The van der Waals surface area contributed by atoms with Gasteiger partial charge >= 0.3 is 17.9 Å². The quantitative estimate of drug-likeness (QED) is 0.503. The molecule has 1 aliphatic heterocycles. The number of likely N-dealkylation sites (N-methyl/N-ethyl adjacent to an activating group) is 1. The first-order valence-corrected chi connectivity index (χ1v) is 10.1. The maximum Gasteiger partial charge on any atom is 0.336 e. The van der Waals surface area contributed by atoms with Crippen LogP contribution in [-0.4, -0.2) is 50.7 Å². The van der Waals surface area contributed by atoms with Gasteiger partial charge in [-0.25, -0.2) is 9.59 Å². The molecule has 0 fully saturated rings. The molecule has 0 aromatic heterocycles. The highest BCUT2D eigenvalue weighted by atomic mass is 16.6. The molecule has 0 unspecified atom stereocenters. The van der Waals surface area contributed by atoms with Crippen molar-refractivity contribution >= 4 is 29.5 Å². The fourth-order valence-electron chi connectivity index (χ4n) is 3.58. The highest BCUT2D eigenvalue weighted by Gasteiger charge is 2.43. The minimum atomic E-state index is -1.40. The predicted molar refractivity (Wildman–Crippen MR) is 116 cm³/mol. The number of nitrogens with zero attached hydrogens (tertiary/aromatic N) is 1. The fraction of sp³-hybridized carbons (Fsp3) is 0.391. The van der Waals surface area contributed by atoms with Gasteiger partial charge in [-0.3, -0.25) is 9.59 Å². The number of hydrogen-bond acceptors (Lipinski definition) is 8. The first kappa shape index (κ1) is 24.6. The average molecular weight is 444 g/mol. The summed E-state index contributed by atoms with van der Waals surface area (Å²) in [5.41, 5.74) is 1.16. The number of dihydropyridines is 1. The lowest BCUT2D eigenvalue weighted by Gasteiger charge is -2.30. The number of esters is 3. The highest BCUT2D eigenvalue weighted by molar-refractivity contribution is 6.06. The summed E-state index contributed by atoms with van der Waals surface area (Å²) >= 11 is 0. The lowest BCUT2D eigenvalue weighted by Crippen LogP contribution is -2.43. The third kappa shape index (κ3) is 4.99. The second-order valence-electron chi connectivity index (χ2n) is 7.12. The molecule has 0 bridgehead atoms. The maximum absolute atomic E-state index is 13.2. The van der Waals surface area contributed by atoms with Crippen LogP contribution in [0.25, 0.3) is 0 Å². The van der Waals surface area contributed by atoms with Crippen LogP contribution >= 0.6 is 0 Å². The number of rotatable bonds is 7. The Hall–Kier alpha value is -3.62. The number of benzene rings is 1. The SMILES string of the molecule is CCN(C(=O)[C@H](C)OC(=O)C1C(C(=O)OC)=C(C)NC(C)=C1C(=O)OC)c1ccccc1. The summed E-state index contributed by atoms with van der Waals surface area (Å²) in [5.74, 6) is -4.38. The Morgan fingerprint density at radius 2 is 1.47 bits per heavy atom. The van der Waals surface area contributed by atoms with Crippen LogP contribution in [0.3, 0.4) is 0 Å². The standard InChI is InChI=1S/C23H28N2O7/c1-7-25(16-11-9-8-10-12-16)20(26)15(4)32-23(29)19-17(21(27)30-5)13(2)24-14(3)18(19)22(28)31-6/h8-12,15,19,24H,7H2,1-6H3/t15-/m0/s1. The Morgan fingerprint density at radius 1 is 0.969 bits per heavy atom. The molecule has 0 spiro atoms. The van der Waals surface area contributed by atoms with Crippen LogP contribution in [0.15, 0.2) is 52.9 Å². The van der Waals surface area contributed by atoms with Gasteiger partial charge in [0.25, 0.3) is 5.91 Å². The van der Waals surface area contributed by atoms with Crippen molar-refractivity contribution < 1.29 is 33.4 Å². The number of amides is 1. The molecule has 1 N–H and O–H groups in total. The smallest absolute Gasteiger partial charge is 0.336 e. The number of ether oxygens (including phenoxy) is 3. The van der Waals surface area contributed by atoms with Gasteiger partial charge in [0.1, 0.15) is 5.92 Å². The lowest BCUT2D eigenvalue weighted by atomic mass is 9.85. The van der Waals surface area contributed by atoms with Crippen molar-refractivity contribution in [2.45, 2.75) is 33.8 Å². The Bertz CT molecular complexity index is 928. The van der Waals surface area contributed by atoms with Crippen LogP contribution in [-0.2, 0) is 33.4 Å².